The van der Waals surface area contributed by atoms with Gasteiger partial charge in [0.1, 0.15) is 12.4 Å². The maximum absolute atomic E-state index is 12.7. The maximum Gasteiger partial charge on any atom is 0.337 e. The summed E-state index contributed by atoms with van der Waals surface area (Å²) < 4.78 is 12.9. The van der Waals surface area contributed by atoms with E-state index in [0.29, 0.717) is 29.6 Å². The maximum atomic E-state index is 12.7. The van der Waals surface area contributed by atoms with Gasteiger partial charge in [-0.2, -0.15) is 0 Å². The standard InChI is InChI=1S/C24H24BrNO4/c1-3-17-5-4-6-21(15-17)30-16-20-11-12-22(25)23(27)26(20)14-13-18-7-9-19(10-8-18)24(28)29-2/h4-12,15H,3,13-14,16H2,1-2H3. The van der Waals surface area contributed by atoms with Gasteiger partial charge in [0.25, 0.3) is 5.56 Å². The summed E-state index contributed by atoms with van der Waals surface area (Å²) in [5.74, 6) is 0.422. The Labute approximate surface area is 184 Å². The molecular weight excluding hydrogens is 446 g/mol. The van der Waals surface area contributed by atoms with Gasteiger partial charge in [-0.25, -0.2) is 4.79 Å². The van der Waals surface area contributed by atoms with Crippen LogP contribution in [0.1, 0.15) is 34.1 Å². The third kappa shape index (κ3) is 5.39. The van der Waals surface area contributed by atoms with Crippen LogP contribution in [0.5, 0.6) is 5.75 Å². The normalized spacial score (nSPS) is 10.6. The summed E-state index contributed by atoms with van der Waals surface area (Å²) in [6.45, 7) is 2.91. The van der Waals surface area contributed by atoms with Crippen molar-refractivity contribution in [2.24, 2.45) is 0 Å². The van der Waals surface area contributed by atoms with Crippen LogP contribution in [0.25, 0.3) is 0 Å². The van der Waals surface area contributed by atoms with Crippen LogP contribution in [-0.2, 0) is 30.7 Å². The van der Waals surface area contributed by atoms with Gasteiger partial charge in [-0.1, -0.05) is 31.2 Å². The summed E-state index contributed by atoms with van der Waals surface area (Å²) in [5.41, 5.74) is 3.44. The number of rotatable bonds is 8. The van der Waals surface area contributed by atoms with Crippen molar-refractivity contribution in [2.45, 2.75) is 32.9 Å². The van der Waals surface area contributed by atoms with Gasteiger partial charge in [-0.3, -0.25) is 4.79 Å². The van der Waals surface area contributed by atoms with Crippen LogP contribution in [0, 0.1) is 0 Å². The minimum absolute atomic E-state index is 0.0930. The number of halogens is 1. The molecule has 30 heavy (non-hydrogen) atoms. The van der Waals surface area contributed by atoms with Crippen molar-refractivity contribution in [2.75, 3.05) is 7.11 Å². The van der Waals surface area contributed by atoms with Crippen molar-refractivity contribution in [3.8, 4) is 5.75 Å². The molecule has 2 aromatic carbocycles. The Kier molecular flexibility index (Phi) is 7.46. The number of carbonyl (C=O) groups is 1. The first-order chi connectivity index (χ1) is 14.5. The summed E-state index contributed by atoms with van der Waals surface area (Å²) in [6.07, 6.45) is 1.59. The molecular formula is C24H24BrNO4. The number of nitrogens with zero attached hydrogens (tertiary/aromatic N) is 1. The van der Waals surface area contributed by atoms with Crippen molar-refractivity contribution in [3.63, 3.8) is 0 Å². The molecule has 0 aliphatic carbocycles. The lowest BCUT2D eigenvalue weighted by atomic mass is 10.1. The number of methoxy groups -OCH3 is 1. The fourth-order valence-electron chi connectivity index (χ4n) is 3.14. The Morgan fingerprint density at radius 1 is 1.03 bits per heavy atom. The van der Waals surface area contributed by atoms with Crippen LogP contribution in [0.2, 0.25) is 0 Å². The van der Waals surface area contributed by atoms with Gasteiger partial charge in [0.2, 0.25) is 0 Å². The molecule has 0 fully saturated rings. The zero-order valence-corrected chi connectivity index (χ0v) is 18.6. The van der Waals surface area contributed by atoms with Crippen LogP contribution in [0.3, 0.4) is 0 Å². The lowest BCUT2D eigenvalue weighted by Crippen LogP contribution is -2.25. The minimum Gasteiger partial charge on any atom is -0.487 e. The molecule has 0 radical (unpaired) electrons. The largest absolute Gasteiger partial charge is 0.487 e. The molecule has 0 aliphatic heterocycles. The number of esters is 1. The Morgan fingerprint density at radius 3 is 2.50 bits per heavy atom. The molecule has 0 saturated heterocycles. The van der Waals surface area contributed by atoms with E-state index in [0.717, 1.165) is 23.4 Å². The molecule has 0 bridgehead atoms. The van der Waals surface area contributed by atoms with Crippen LogP contribution < -0.4 is 10.3 Å². The van der Waals surface area contributed by atoms with Crippen molar-refractivity contribution >= 4 is 21.9 Å². The van der Waals surface area contributed by atoms with E-state index < -0.39 is 0 Å². The zero-order chi connectivity index (χ0) is 21.5. The van der Waals surface area contributed by atoms with Crippen molar-refractivity contribution in [1.82, 2.24) is 4.57 Å². The van der Waals surface area contributed by atoms with Gasteiger partial charge in [-0.05, 0) is 76.3 Å². The molecule has 6 heteroatoms. The van der Waals surface area contributed by atoms with Gasteiger partial charge in [-0.15, -0.1) is 0 Å². The molecule has 3 rings (SSSR count). The Bertz CT molecular complexity index is 1070. The Hall–Kier alpha value is -2.86. The van der Waals surface area contributed by atoms with E-state index in [1.165, 1.54) is 12.7 Å². The first-order valence-electron chi connectivity index (χ1n) is 9.79. The zero-order valence-electron chi connectivity index (χ0n) is 17.1. The second-order valence-electron chi connectivity index (χ2n) is 6.86. The molecule has 1 heterocycles. The van der Waals surface area contributed by atoms with Gasteiger partial charge >= 0.3 is 5.97 Å². The van der Waals surface area contributed by atoms with Crippen LogP contribution in [0.4, 0.5) is 0 Å². The molecule has 3 aromatic rings. The lowest BCUT2D eigenvalue weighted by Gasteiger charge is -2.15. The second kappa shape index (κ2) is 10.3. The molecule has 5 nitrogen and oxygen atoms in total. The number of hydrogen-bond acceptors (Lipinski definition) is 4. The number of ether oxygens (including phenoxy) is 2. The molecule has 156 valence electrons. The van der Waals surface area contributed by atoms with E-state index in [1.807, 2.05) is 36.4 Å². The fourth-order valence-corrected chi connectivity index (χ4v) is 3.49. The van der Waals surface area contributed by atoms with Crippen molar-refractivity contribution in [1.29, 1.82) is 0 Å². The van der Waals surface area contributed by atoms with E-state index in [9.17, 15) is 9.59 Å². The van der Waals surface area contributed by atoms with Gasteiger partial charge in [0.05, 0.1) is 22.8 Å². The molecule has 0 unspecified atom stereocenters. The fraction of sp³-hybridized carbons (Fsp3) is 0.250. The minimum atomic E-state index is -0.365. The first kappa shape index (κ1) is 21.8. The third-order valence-electron chi connectivity index (χ3n) is 4.91. The summed E-state index contributed by atoms with van der Waals surface area (Å²) in [7, 11) is 1.36. The second-order valence-corrected chi connectivity index (χ2v) is 7.71. The smallest absolute Gasteiger partial charge is 0.337 e. The summed E-state index contributed by atoms with van der Waals surface area (Å²) in [6, 6.07) is 18.8. The number of aryl methyl sites for hydroxylation is 2. The summed E-state index contributed by atoms with van der Waals surface area (Å²) in [4.78, 5) is 24.3. The highest BCUT2D eigenvalue weighted by Gasteiger charge is 2.10. The van der Waals surface area contributed by atoms with Crippen LogP contribution in [-0.4, -0.2) is 17.6 Å². The predicted octanol–water partition coefficient (Wildman–Crippen LogP) is 4.78. The molecule has 0 saturated carbocycles. The lowest BCUT2D eigenvalue weighted by molar-refractivity contribution is 0.0600. The van der Waals surface area contributed by atoms with Crippen LogP contribution in [0.15, 0.2) is 69.9 Å². The quantitative estimate of drug-likeness (QED) is 0.445. The van der Waals surface area contributed by atoms with Crippen LogP contribution >= 0.6 is 15.9 Å². The third-order valence-corrected chi connectivity index (χ3v) is 5.51. The monoisotopic (exact) mass is 469 g/mol. The Morgan fingerprint density at radius 2 is 1.80 bits per heavy atom. The van der Waals surface area contributed by atoms with Gasteiger partial charge in [0.15, 0.2) is 0 Å². The van der Waals surface area contributed by atoms with E-state index in [1.54, 1.807) is 22.8 Å². The highest BCUT2D eigenvalue weighted by atomic mass is 79.9. The summed E-state index contributed by atoms with van der Waals surface area (Å²) in [5, 5.41) is 0. The molecule has 0 amide bonds. The average molecular weight is 470 g/mol. The van der Waals surface area contributed by atoms with E-state index in [-0.39, 0.29) is 11.5 Å². The number of hydrogen-bond donors (Lipinski definition) is 0. The number of pyridine rings is 1. The molecule has 0 spiro atoms. The predicted molar refractivity (Wildman–Crippen MR) is 120 cm³/mol. The molecule has 0 atom stereocenters. The topological polar surface area (TPSA) is 57.5 Å². The molecule has 0 aliphatic rings. The summed E-state index contributed by atoms with van der Waals surface area (Å²) >= 11 is 3.33. The van der Waals surface area contributed by atoms with Crippen molar-refractivity contribution in [3.05, 3.63) is 97.9 Å². The number of benzene rings is 2. The van der Waals surface area contributed by atoms with Gasteiger partial charge in [0, 0.05) is 6.54 Å². The van der Waals surface area contributed by atoms with E-state index in [4.69, 9.17) is 9.47 Å². The van der Waals surface area contributed by atoms with E-state index in [2.05, 4.69) is 28.9 Å². The van der Waals surface area contributed by atoms with Gasteiger partial charge < -0.3 is 14.0 Å². The highest BCUT2D eigenvalue weighted by Crippen LogP contribution is 2.16. The van der Waals surface area contributed by atoms with E-state index >= 15 is 0 Å². The Balaban J connectivity index is 1.74. The van der Waals surface area contributed by atoms with Crippen molar-refractivity contribution < 1.29 is 14.3 Å². The number of carbonyl (C=O) groups excluding carboxylic acids is 1. The average Bonchev–Trinajstić information content (AvgIpc) is 2.79. The molecule has 0 N–H and O–H groups in total. The highest BCUT2D eigenvalue weighted by molar-refractivity contribution is 9.10. The first-order valence-corrected chi connectivity index (χ1v) is 10.6. The SMILES string of the molecule is CCc1cccc(OCc2ccc(Br)c(=O)n2CCc2ccc(C(=O)OC)cc2)c1. The number of aromatic nitrogens is 1. The molecule has 1 aromatic heterocycles.